The summed E-state index contributed by atoms with van der Waals surface area (Å²) in [4.78, 5) is 42.5. The van der Waals surface area contributed by atoms with Gasteiger partial charge < -0.3 is 29.9 Å². The number of carbonyl (C=O) groups is 1. The molecule has 4 aromatic carbocycles. The van der Waals surface area contributed by atoms with Gasteiger partial charge in [-0.2, -0.15) is 0 Å². The minimum atomic E-state index is -0.530. The Balaban J connectivity index is 1.41. The van der Waals surface area contributed by atoms with Gasteiger partial charge in [0.2, 0.25) is 0 Å². The van der Waals surface area contributed by atoms with Crippen LogP contribution in [0.4, 0.5) is 27.5 Å². The third-order valence-electron chi connectivity index (χ3n) is 7.07. The molecule has 0 spiro atoms. The Labute approximate surface area is 226 Å². The molecule has 1 saturated heterocycles. The van der Waals surface area contributed by atoms with Gasteiger partial charge in [0, 0.05) is 37.1 Å². The number of urea groups is 1. The fourth-order valence-corrected chi connectivity index (χ4v) is 4.94. The number of amides is 2. The predicted octanol–water partition coefficient (Wildman–Crippen LogP) is 4.45. The lowest BCUT2D eigenvalue weighted by molar-refractivity contribution is 0.179. The summed E-state index contributed by atoms with van der Waals surface area (Å²) >= 11 is 0. The second-order valence-electron chi connectivity index (χ2n) is 9.39. The molecule has 2 amide bonds. The Morgan fingerprint density at radius 1 is 0.872 bits per heavy atom. The Morgan fingerprint density at radius 2 is 1.59 bits per heavy atom. The van der Waals surface area contributed by atoms with Crippen LogP contribution in [0.1, 0.15) is 17.2 Å². The smallest absolute Gasteiger partial charge is 0.322 e. The monoisotopic (exact) mass is 526 g/mol. The van der Waals surface area contributed by atoms with Crippen molar-refractivity contribution >= 4 is 28.8 Å². The summed E-state index contributed by atoms with van der Waals surface area (Å²) in [5.41, 5.74) is 2.86. The summed E-state index contributed by atoms with van der Waals surface area (Å²) in [7, 11) is 3.09. The number of nitrogens with one attached hydrogen (secondary N) is 2. The number of rotatable bonds is 7. The summed E-state index contributed by atoms with van der Waals surface area (Å²) in [5.74, 6) is 1.07. The van der Waals surface area contributed by atoms with E-state index in [2.05, 4.69) is 10.6 Å². The van der Waals surface area contributed by atoms with Crippen LogP contribution in [0.15, 0.2) is 82.4 Å². The van der Waals surface area contributed by atoms with Crippen LogP contribution >= 0.6 is 0 Å². The first kappa shape index (κ1) is 25.8. The van der Waals surface area contributed by atoms with Gasteiger partial charge in [0.25, 0.3) is 10.9 Å². The summed E-state index contributed by atoms with van der Waals surface area (Å²) in [6, 6.07) is 21.8. The molecule has 0 aromatic heterocycles. The van der Waals surface area contributed by atoms with E-state index in [1.807, 2.05) is 66.4 Å². The zero-order valence-electron chi connectivity index (χ0n) is 22.1. The summed E-state index contributed by atoms with van der Waals surface area (Å²) in [6.45, 7) is 3.04. The number of aryl methyl sites for hydroxylation is 1. The molecule has 1 unspecified atom stereocenters. The van der Waals surface area contributed by atoms with Crippen molar-refractivity contribution in [3.8, 4) is 11.5 Å². The van der Waals surface area contributed by atoms with Gasteiger partial charge in [0.15, 0.2) is 11.5 Å². The van der Waals surface area contributed by atoms with Crippen molar-refractivity contribution in [3.63, 3.8) is 0 Å². The lowest BCUT2D eigenvalue weighted by Gasteiger charge is -2.43. The molecule has 0 bridgehead atoms. The third kappa shape index (κ3) is 5.03. The maximum atomic E-state index is 13.5. The molecule has 5 rings (SSSR count). The molecular weight excluding hydrogens is 496 g/mol. The SMILES string of the molecule is COc1ccc(NC(=O)N2CCN(c3c(Nc4ccccc4C)c(=O)c3=O)CC2c2ccccc2)cc1OC. The summed E-state index contributed by atoms with van der Waals surface area (Å²) in [5, 5.41) is 6.13. The molecular formula is C30H30N4O5. The van der Waals surface area contributed by atoms with E-state index in [1.54, 1.807) is 30.2 Å². The summed E-state index contributed by atoms with van der Waals surface area (Å²) in [6.07, 6.45) is 0. The summed E-state index contributed by atoms with van der Waals surface area (Å²) < 4.78 is 10.7. The number of hydrogen-bond donors (Lipinski definition) is 2. The molecule has 2 N–H and O–H groups in total. The average Bonchev–Trinajstić information content (AvgIpc) is 2.97. The lowest BCUT2D eigenvalue weighted by Crippen LogP contribution is -2.55. The molecule has 1 aliphatic rings. The fourth-order valence-electron chi connectivity index (χ4n) is 4.94. The molecule has 1 fully saturated rings. The first-order chi connectivity index (χ1) is 18.9. The van der Waals surface area contributed by atoms with Crippen LogP contribution in [0.2, 0.25) is 0 Å². The zero-order chi connectivity index (χ0) is 27.5. The highest BCUT2D eigenvalue weighted by Gasteiger charge is 2.36. The van der Waals surface area contributed by atoms with Crippen LogP contribution < -0.4 is 35.9 Å². The van der Waals surface area contributed by atoms with E-state index in [0.717, 1.165) is 16.8 Å². The van der Waals surface area contributed by atoms with Crippen LogP contribution in [0.3, 0.4) is 0 Å². The Bertz CT molecular complexity index is 1560. The van der Waals surface area contributed by atoms with Gasteiger partial charge in [-0.25, -0.2) is 4.79 Å². The highest BCUT2D eigenvalue weighted by atomic mass is 16.5. The van der Waals surface area contributed by atoms with Crippen molar-refractivity contribution in [3.05, 3.63) is 104 Å². The van der Waals surface area contributed by atoms with E-state index in [-0.39, 0.29) is 12.1 Å². The van der Waals surface area contributed by atoms with Crippen LogP contribution in [-0.4, -0.2) is 44.8 Å². The number of methoxy groups -OCH3 is 2. The highest BCUT2D eigenvalue weighted by molar-refractivity contribution is 5.90. The highest BCUT2D eigenvalue weighted by Crippen LogP contribution is 2.34. The van der Waals surface area contributed by atoms with E-state index in [1.165, 1.54) is 7.11 Å². The molecule has 200 valence electrons. The largest absolute Gasteiger partial charge is 0.493 e. The first-order valence-electron chi connectivity index (χ1n) is 12.7. The number of carbonyl (C=O) groups excluding carboxylic acids is 1. The molecule has 0 radical (unpaired) electrons. The van der Waals surface area contributed by atoms with Crippen LogP contribution in [0, 0.1) is 6.92 Å². The van der Waals surface area contributed by atoms with Gasteiger partial charge in [-0.05, 0) is 36.2 Å². The number of para-hydroxylation sites is 1. The molecule has 4 aromatic rings. The molecule has 1 heterocycles. The number of hydrogen-bond acceptors (Lipinski definition) is 7. The maximum Gasteiger partial charge on any atom is 0.322 e. The predicted molar refractivity (Wildman–Crippen MR) is 152 cm³/mol. The van der Waals surface area contributed by atoms with E-state index < -0.39 is 10.9 Å². The lowest BCUT2D eigenvalue weighted by atomic mass is 10.0. The van der Waals surface area contributed by atoms with Gasteiger partial charge in [-0.3, -0.25) is 9.59 Å². The minimum absolute atomic E-state index is 0.279. The Morgan fingerprint density at radius 3 is 2.31 bits per heavy atom. The topological polar surface area (TPSA) is 100 Å². The number of benzene rings is 3. The molecule has 9 heteroatoms. The number of piperazine rings is 1. The third-order valence-corrected chi connectivity index (χ3v) is 7.07. The van der Waals surface area contributed by atoms with Crippen LogP contribution in [0.5, 0.6) is 11.5 Å². The average molecular weight is 527 g/mol. The second-order valence-corrected chi connectivity index (χ2v) is 9.39. The Kier molecular flexibility index (Phi) is 7.23. The molecule has 9 nitrogen and oxygen atoms in total. The molecule has 1 atom stereocenters. The fraction of sp³-hybridized carbons (Fsp3) is 0.233. The quantitative estimate of drug-likeness (QED) is 0.343. The molecule has 0 saturated carbocycles. The van der Waals surface area contributed by atoms with Crippen molar-refractivity contribution < 1.29 is 14.3 Å². The van der Waals surface area contributed by atoms with Crippen molar-refractivity contribution in [2.75, 3.05) is 49.4 Å². The van der Waals surface area contributed by atoms with Crippen molar-refractivity contribution in [1.29, 1.82) is 0 Å². The first-order valence-corrected chi connectivity index (χ1v) is 12.7. The number of anilines is 4. The standard InChI is InChI=1S/C30H30N4O5/c1-19-9-7-8-12-22(19)32-26-27(29(36)28(26)35)33-15-16-34(23(18-33)20-10-5-4-6-11-20)30(37)31-21-13-14-24(38-2)25(17-21)39-3/h4-14,17,23,32H,15-16,18H2,1-3H3,(H,31,37). The molecule has 1 aliphatic heterocycles. The van der Waals surface area contributed by atoms with Gasteiger partial charge in [-0.15, -0.1) is 0 Å². The normalized spacial score (nSPS) is 15.2. The zero-order valence-corrected chi connectivity index (χ0v) is 22.1. The number of nitrogens with zero attached hydrogens (tertiary/aromatic N) is 2. The molecule has 0 aliphatic carbocycles. The van der Waals surface area contributed by atoms with E-state index in [0.29, 0.717) is 48.2 Å². The van der Waals surface area contributed by atoms with Crippen molar-refractivity contribution in [1.82, 2.24) is 4.90 Å². The van der Waals surface area contributed by atoms with Crippen LogP contribution in [-0.2, 0) is 0 Å². The van der Waals surface area contributed by atoms with Gasteiger partial charge in [0.05, 0.1) is 20.3 Å². The number of ether oxygens (including phenoxy) is 2. The van der Waals surface area contributed by atoms with Gasteiger partial charge in [0.1, 0.15) is 11.4 Å². The van der Waals surface area contributed by atoms with Crippen molar-refractivity contribution in [2.45, 2.75) is 13.0 Å². The maximum absolute atomic E-state index is 13.5. The molecule has 39 heavy (non-hydrogen) atoms. The van der Waals surface area contributed by atoms with Crippen LogP contribution in [0.25, 0.3) is 0 Å². The Hall–Kier alpha value is -4.79. The van der Waals surface area contributed by atoms with E-state index >= 15 is 0 Å². The van der Waals surface area contributed by atoms with E-state index in [4.69, 9.17) is 9.47 Å². The van der Waals surface area contributed by atoms with E-state index in [9.17, 15) is 14.4 Å². The second kappa shape index (κ2) is 10.9. The van der Waals surface area contributed by atoms with Crippen molar-refractivity contribution in [2.24, 2.45) is 0 Å². The van der Waals surface area contributed by atoms with Gasteiger partial charge >= 0.3 is 6.03 Å². The van der Waals surface area contributed by atoms with Gasteiger partial charge in [-0.1, -0.05) is 48.5 Å². The minimum Gasteiger partial charge on any atom is -0.493 e.